The molecule has 25 heavy (non-hydrogen) atoms. The number of carbonyl (C=O) groups excluding carboxylic acids is 1. The Morgan fingerprint density at radius 1 is 1.04 bits per heavy atom. The van der Waals surface area contributed by atoms with Crippen molar-refractivity contribution >= 4 is 5.91 Å². The predicted molar refractivity (Wildman–Crippen MR) is 95.3 cm³/mol. The van der Waals surface area contributed by atoms with Gasteiger partial charge in [-0.1, -0.05) is 43.3 Å². The normalized spacial score (nSPS) is 13.5. The minimum Gasteiger partial charge on any atom is -0.354 e. The summed E-state index contributed by atoms with van der Waals surface area (Å²) < 4.78 is 28.2. The maximum Gasteiger partial charge on any atom is 0.227 e. The van der Waals surface area contributed by atoms with Gasteiger partial charge in [0.1, 0.15) is 11.6 Å². The number of amides is 1. The molecule has 0 aliphatic carbocycles. The number of nitrogens with one attached hydrogen (secondary N) is 1. The predicted octanol–water partition coefficient (Wildman–Crippen LogP) is 3.88. The van der Waals surface area contributed by atoms with Gasteiger partial charge in [-0.25, -0.2) is 8.78 Å². The fourth-order valence-electron chi connectivity index (χ4n) is 2.95. The lowest BCUT2D eigenvalue weighted by molar-refractivity contribution is -0.122. The lowest BCUT2D eigenvalue weighted by atomic mass is 9.95. The Morgan fingerprint density at radius 3 is 2.16 bits per heavy atom. The van der Waals surface area contributed by atoms with Crippen molar-refractivity contribution in [3.05, 3.63) is 71.3 Å². The Kier molecular flexibility index (Phi) is 6.65. The van der Waals surface area contributed by atoms with Gasteiger partial charge in [-0.05, 0) is 38.2 Å². The molecule has 0 fully saturated rings. The van der Waals surface area contributed by atoms with E-state index >= 15 is 0 Å². The zero-order valence-electron chi connectivity index (χ0n) is 14.8. The number of nitrogens with zero attached hydrogens (tertiary/aromatic N) is 1. The fourth-order valence-corrected chi connectivity index (χ4v) is 2.95. The molecule has 0 aliphatic heterocycles. The summed E-state index contributed by atoms with van der Waals surface area (Å²) in [5, 5.41) is 2.85. The molecule has 0 radical (unpaired) electrons. The van der Waals surface area contributed by atoms with Crippen molar-refractivity contribution in [2.45, 2.75) is 25.3 Å². The van der Waals surface area contributed by atoms with Crippen LogP contribution >= 0.6 is 0 Å². The van der Waals surface area contributed by atoms with E-state index in [1.54, 1.807) is 19.0 Å². The summed E-state index contributed by atoms with van der Waals surface area (Å²) in [6.45, 7) is 2.07. The van der Waals surface area contributed by atoms with Gasteiger partial charge in [-0.15, -0.1) is 0 Å². The molecule has 0 aliphatic rings. The van der Waals surface area contributed by atoms with Crippen LogP contribution < -0.4 is 5.32 Å². The largest absolute Gasteiger partial charge is 0.354 e. The monoisotopic (exact) mass is 346 g/mol. The Labute approximate surface area is 147 Å². The molecule has 0 heterocycles. The summed E-state index contributed by atoms with van der Waals surface area (Å²) in [7, 11) is 3.47. The third-order valence-corrected chi connectivity index (χ3v) is 4.35. The average Bonchev–Trinajstić information content (AvgIpc) is 2.58. The zero-order valence-corrected chi connectivity index (χ0v) is 14.8. The van der Waals surface area contributed by atoms with E-state index in [9.17, 15) is 13.6 Å². The van der Waals surface area contributed by atoms with Crippen LogP contribution in [0.5, 0.6) is 0 Å². The second-order valence-electron chi connectivity index (χ2n) is 6.23. The van der Waals surface area contributed by atoms with Crippen molar-refractivity contribution in [2.75, 3.05) is 20.6 Å². The van der Waals surface area contributed by atoms with Crippen LogP contribution in [-0.4, -0.2) is 31.4 Å². The molecule has 0 saturated heterocycles. The maximum atomic E-state index is 14.1. The Hall–Kier alpha value is -2.27. The van der Waals surface area contributed by atoms with Gasteiger partial charge in [0.25, 0.3) is 0 Å². The van der Waals surface area contributed by atoms with Gasteiger partial charge in [0.2, 0.25) is 5.91 Å². The van der Waals surface area contributed by atoms with Crippen molar-refractivity contribution in [1.29, 1.82) is 0 Å². The Morgan fingerprint density at radius 2 is 1.64 bits per heavy atom. The number of carbonyl (C=O) groups is 1. The van der Waals surface area contributed by atoms with Gasteiger partial charge >= 0.3 is 0 Å². The van der Waals surface area contributed by atoms with Gasteiger partial charge in [-0.3, -0.25) is 4.79 Å². The second kappa shape index (κ2) is 8.72. The van der Waals surface area contributed by atoms with Crippen molar-refractivity contribution < 1.29 is 13.6 Å². The third-order valence-electron chi connectivity index (χ3n) is 4.35. The average molecular weight is 346 g/mol. The summed E-state index contributed by atoms with van der Waals surface area (Å²) in [5.41, 5.74) is 0.904. The number of rotatable bonds is 7. The third kappa shape index (κ3) is 4.63. The molecular weight excluding hydrogens is 322 g/mol. The van der Waals surface area contributed by atoms with Crippen LogP contribution in [0.2, 0.25) is 0 Å². The van der Waals surface area contributed by atoms with E-state index < -0.39 is 17.7 Å². The smallest absolute Gasteiger partial charge is 0.227 e. The van der Waals surface area contributed by atoms with Gasteiger partial charge in [0, 0.05) is 12.1 Å². The number of halogens is 2. The number of benzene rings is 2. The van der Waals surface area contributed by atoms with E-state index in [1.165, 1.54) is 18.2 Å². The van der Waals surface area contributed by atoms with Crippen molar-refractivity contribution in [2.24, 2.45) is 0 Å². The SMILES string of the molecule is CCC(C(=O)NCC(c1c(F)cccc1F)N(C)C)c1ccccc1. The molecular formula is C20H24F2N2O. The molecule has 0 aromatic heterocycles. The standard InChI is InChI=1S/C20H24F2N2O/c1-4-15(14-9-6-5-7-10-14)20(25)23-13-18(24(2)3)19-16(21)11-8-12-17(19)22/h5-12,15,18H,4,13H2,1-3H3,(H,23,25). The molecule has 2 atom stereocenters. The summed E-state index contributed by atoms with van der Waals surface area (Å²) in [6.07, 6.45) is 0.649. The van der Waals surface area contributed by atoms with E-state index in [-0.39, 0.29) is 23.9 Å². The molecule has 3 nitrogen and oxygen atoms in total. The summed E-state index contributed by atoms with van der Waals surface area (Å²) in [6, 6.07) is 12.7. The van der Waals surface area contributed by atoms with Gasteiger partial charge in [0.05, 0.1) is 12.0 Å². The van der Waals surface area contributed by atoms with E-state index in [4.69, 9.17) is 0 Å². The lowest BCUT2D eigenvalue weighted by Crippen LogP contribution is -2.37. The molecule has 1 amide bonds. The van der Waals surface area contributed by atoms with Crippen molar-refractivity contribution in [3.63, 3.8) is 0 Å². The van der Waals surface area contributed by atoms with Crippen LogP contribution in [0.1, 0.15) is 36.4 Å². The van der Waals surface area contributed by atoms with Crippen LogP contribution in [0.15, 0.2) is 48.5 Å². The van der Waals surface area contributed by atoms with E-state index in [0.717, 1.165) is 5.56 Å². The molecule has 134 valence electrons. The minimum atomic E-state index is -0.608. The Balaban J connectivity index is 2.15. The van der Waals surface area contributed by atoms with Crippen molar-refractivity contribution in [3.8, 4) is 0 Å². The minimum absolute atomic E-state index is 0.0273. The van der Waals surface area contributed by atoms with Gasteiger partial charge < -0.3 is 10.2 Å². The quantitative estimate of drug-likeness (QED) is 0.825. The van der Waals surface area contributed by atoms with E-state index in [1.807, 2.05) is 37.3 Å². The highest BCUT2D eigenvalue weighted by Crippen LogP contribution is 2.25. The summed E-state index contributed by atoms with van der Waals surface area (Å²) in [5.74, 6) is -1.64. The highest BCUT2D eigenvalue weighted by Gasteiger charge is 2.24. The van der Waals surface area contributed by atoms with Crippen LogP contribution in [0.3, 0.4) is 0 Å². The molecule has 2 aromatic rings. The second-order valence-corrected chi connectivity index (χ2v) is 6.23. The first-order valence-corrected chi connectivity index (χ1v) is 8.38. The first-order valence-electron chi connectivity index (χ1n) is 8.38. The molecule has 0 saturated carbocycles. The number of likely N-dealkylation sites (N-methyl/N-ethyl adjacent to an activating group) is 1. The van der Waals surface area contributed by atoms with E-state index in [0.29, 0.717) is 6.42 Å². The molecule has 1 N–H and O–H groups in total. The van der Waals surface area contributed by atoms with Crippen LogP contribution in [0.25, 0.3) is 0 Å². The van der Waals surface area contributed by atoms with Gasteiger partial charge in [0.15, 0.2) is 0 Å². The van der Waals surface area contributed by atoms with E-state index in [2.05, 4.69) is 5.32 Å². The van der Waals surface area contributed by atoms with Gasteiger partial charge in [-0.2, -0.15) is 0 Å². The molecule has 0 bridgehead atoms. The Bertz CT molecular complexity index is 684. The van der Waals surface area contributed by atoms with Crippen LogP contribution in [0, 0.1) is 11.6 Å². The molecule has 2 aromatic carbocycles. The lowest BCUT2D eigenvalue weighted by Gasteiger charge is -2.27. The number of hydrogen-bond donors (Lipinski definition) is 1. The first kappa shape index (κ1) is 19.1. The zero-order chi connectivity index (χ0) is 18.4. The summed E-state index contributed by atoms with van der Waals surface area (Å²) >= 11 is 0. The molecule has 2 rings (SSSR count). The fraction of sp³-hybridized carbons (Fsp3) is 0.350. The molecule has 5 heteroatoms. The summed E-state index contributed by atoms with van der Waals surface area (Å²) in [4.78, 5) is 14.3. The van der Waals surface area contributed by atoms with Crippen LogP contribution in [0.4, 0.5) is 8.78 Å². The highest BCUT2D eigenvalue weighted by atomic mass is 19.1. The number of hydrogen-bond acceptors (Lipinski definition) is 2. The van der Waals surface area contributed by atoms with Crippen molar-refractivity contribution in [1.82, 2.24) is 10.2 Å². The molecule has 0 spiro atoms. The topological polar surface area (TPSA) is 32.3 Å². The molecule has 2 unspecified atom stereocenters. The first-order chi connectivity index (χ1) is 12.0. The maximum absolute atomic E-state index is 14.1. The highest BCUT2D eigenvalue weighted by molar-refractivity contribution is 5.83. The van der Waals surface area contributed by atoms with Crippen LogP contribution in [-0.2, 0) is 4.79 Å².